The van der Waals surface area contributed by atoms with E-state index in [9.17, 15) is 4.79 Å². The van der Waals surface area contributed by atoms with Crippen molar-refractivity contribution in [1.82, 2.24) is 0 Å². The lowest BCUT2D eigenvalue weighted by molar-refractivity contribution is -0.120. The summed E-state index contributed by atoms with van der Waals surface area (Å²) in [7, 11) is 0. The summed E-state index contributed by atoms with van der Waals surface area (Å²) in [6.45, 7) is 12.0. The van der Waals surface area contributed by atoms with E-state index in [4.69, 9.17) is 9.47 Å². The maximum Gasteiger partial charge on any atom is 0.298 e. The molecule has 0 fully saturated rings. The van der Waals surface area contributed by atoms with Gasteiger partial charge in [-0.15, -0.1) is 6.58 Å². The van der Waals surface area contributed by atoms with Gasteiger partial charge < -0.3 is 9.47 Å². The molecule has 120 valence electrons. The Kier molecular flexibility index (Phi) is 7.94. The van der Waals surface area contributed by atoms with Crippen molar-refractivity contribution in [1.29, 1.82) is 0 Å². The van der Waals surface area contributed by atoms with Gasteiger partial charge in [-0.25, -0.2) is 0 Å². The molecule has 0 saturated heterocycles. The fourth-order valence-electron chi connectivity index (χ4n) is 1.68. The van der Waals surface area contributed by atoms with Crippen molar-refractivity contribution in [3.8, 4) is 22.6 Å². The highest BCUT2D eigenvalue weighted by atomic mass is 16.5. The van der Waals surface area contributed by atoms with Gasteiger partial charge in [0, 0.05) is 0 Å². The predicted octanol–water partition coefficient (Wildman–Crippen LogP) is 5.04. The minimum atomic E-state index is 0.417. The summed E-state index contributed by atoms with van der Waals surface area (Å²) >= 11 is 0. The second kappa shape index (κ2) is 10.0. The summed E-state index contributed by atoms with van der Waals surface area (Å²) in [6, 6.07) is 15.1. The van der Waals surface area contributed by atoms with Gasteiger partial charge in [0.2, 0.25) is 0 Å². The first kappa shape index (κ1) is 18.2. The number of allylic oxidation sites excluding steroid dienone is 1. The van der Waals surface area contributed by atoms with Crippen LogP contribution in [0.25, 0.3) is 11.1 Å². The monoisotopic (exact) mass is 310 g/mol. The Hall–Kier alpha value is -2.81. The van der Waals surface area contributed by atoms with Gasteiger partial charge in [-0.3, -0.25) is 4.79 Å². The predicted molar refractivity (Wildman–Crippen MR) is 94.8 cm³/mol. The van der Waals surface area contributed by atoms with Crippen LogP contribution in [0.15, 0.2) is 73.3 Å². The molecule has 0 aliphatic carbocycles. The highest BCUT2D eigenvalue weighted by molar-refractivity contribution is 5.65. The highest BCUT2D eigenvalue weighted by Crippen LogP contribution is 2.24. The lowest BCUT2D eigenvalue weighted by atomic mass is 10.1. The molecule has 0 aliphatic heterocycles. The van der Waals surface area contributed by atoms with Gasteiger partial charge in [0.05, 0.1) is 0 Å². The van der Waals surface area contributed by atoms with Gasteiger partial charge in [-0.1, -0.05) is 42.5 Å². The topological polar surface area (TPSA) is 35.5 Å². The van der Waals surface area contributed by atoms with E-state index in [1.165, 1.54) is 5.57 Å². The molecule has 0 N–H and O–H groups in total. The van der Waals surface area contributed by atoms with Crippen LogP contribution in [0.2, 0.25) is 0 Å². The fourth-order valence-corrected chi connectivity index (χ4v) is 1.68. The van der Waals surface area contributed by atoms with E-state index in [-0.39, 0.29) is 0 Å². The van der Waals surface area contributed by atoms with Crippen molar-refractivity contribution < 1.29 is 14.3 Å². The molecule has 2 aromatic carbocycles. The molecule has 2 aromatic rings. The highest BCUT2D eigenvalue weighted by Gasteiger charge is 1.99. The summed E-state index contributed by atoms with van der Waals surface area (Å²) in [6.07, 6.45) is 1.71. The Morgan fingerprint density at radius 3 is 1.78 bits per heavy atom. The van der Waals surface area contributed by atoms with Crippen LogP contribution in [-0.4, -0.2) is 13.1 Å². The third-order valence-electron chi connectivity index (χ3n) is 2.59. The summed E-state index contributed by atoms with van der Waals surface area (Å²) in [5.41, 5.74) is 3.29. The largest absolute Gasteiger partial charge is 0.490 e. The quantitative estimate of drug-likeness (QED) is 0.554. The molecule has 23 heavy (non-hydrogen) atoms. The first-order valence-corrected chi connectivity index (χ1v) is 7.23. The lowest BCUT2D eigenvalue weighted by Crippen LogP contribution is -1.92. The zero-order chi connectivity index (χ0) is 17.1. The summed E-state index contributed by atoms with van der Waals surface area (Å²) in [5, 5.41) is 0. The minimum absolute atomic E-state index is 0.417. The number of carbonyl (C=O) groups is 1. The Balaban J connectivity index is 0.000000593. The third-order valence-corrected chi connectivity index (χ3v) is 2.59. The van der Waals surface area contributed by atoms with E-state index >= 15 is 0 Å². The Labute approximate surface area is 137 Å². The van der Waals surface area contributed by atoms with Crippen LogP contribution in [0.4, 0.5) is 0 Å². The molecule has 0 amide bonds. The summed E-state index contributed by atoms with van der Waals surface area (Å²) < 4.78 is 10.2. The van der Waals surface area contributed by atoms with Crippen LogP contribution in [0.1, 0.15) is 13.8 Å². The van der Waals surface area contributed by atoms with E-state index < -0.39 is 0 Å². The van der Waals surface area contributed by atoms with E-state index in [0.29, 0.717) is 18.8 Å². The first-order chi connectivity index (χ1) is 11.1. The zero-order valence-electron chi connectivity index (χ0n) is 13.6. The van der Waals surface area contributed by atoms with E-state index in [2.05, 4.69) is 13.2 Å². The van der Waals surface area contributed by atoms with Gasteiger partial charge in [0.25, 0.3) is 6.47 Å². The molecule has 0 atom stereocenters. The number of carbonyl (C=O) groups excluding carboxylic acids is 1. The normalized spacial score (nSPS) is 9.13. The second-order valence-corrected chi connectivity index (χ2v) is 5.07. The van der Waals surface area contributed by atoms with Crippen LogP contribution in [0.3, 0.4) is 0 Å². The lowest BCUT2D eigenvalue weighted by Gasteiger charge is -2.06. The van der Waals surface area contributed by atoms with Crippen molar-refractivity contribution in [3.63, 3.8) is 0 Å². The number of benzene rings is 2. The van der Waals surface area contributed by atoms with Crippen LogP contribution in [-0.2, 0) is 4.79 Å². The number of hydrogen-bond acceptors (Lipinski definition) is 3. The maximum absolute atomic E-state index is 10.2. The standard InChI is InChI=1S/C16H14O3.C4H8/c1-2-11-18-15-7-3-13(4-8-15)14-5-9-16(10-6-14)19-12-17;1-4(2)3/h2-10,12H,1,11H2;1H2,2-3H3. The molecule has 0 saturated carbocycles. The molecule has 0 aromatic heterocycles. The second-order valence-electron chi connectivity index (χ2n) is 5.07. The van der Waals surface area contributed by atoms with Crippen LogP contribution in [0.5, 0.6) is 11.5 Å². The molecule has 3 heteroatoms. The van der Waals surface area contributed by atoms with Gasteiger partial charge in [-0.05, 0) is 49.2 Å². The Morgan fingerprint density at radius 1 is 0.957 bits per heavy atom. The van der Waals surface area contributed by atoms with E-state index in [1.807, 2.05) is 50.2 Å². The molecular weight excluding hydrogens is 288 g/mol. The van der Waals surface area contributed by atoms with Crippen molar-refractivity contribution in [3.05, 3.63) is 73.3 Å². The van der Waals surface area contributed by atoms with Crippen molar-refractivity contribution >= 4 is 6.47 Å². The summed E-state index contributed by atoms with van der Waals surface area (Å²) in [4.78, 5) is 10.2. The molecule has 0 heterocycles. The van der Waals surface area contributed by atoms with Crippen LogP contribution in [0, 0.1) is 0 Å². The van der Waals surface area contributed by atoms with Gasteiger partial charge >= 0.3 is 0 Å². The SMILES string of the molecule is C=C(C)C.C=CCOc1ccc(-c2ccc(OC=O)cc2)cc1. The molecule has 0 bridgehead atoms. The zero-order valence-corrected chi connectivity index (χ0v) is 13.6. The van der Waals surface area contributed by atoms with E-state index in [0.717, 1.165) is 16.9 Å². The average Bonchev–Trinajstić information content (AvgIpc) is 2.54. The molecule has 2 rings (SSSR count). The summed E-state index contributed by atoms with van der Waals surface area (Å²) in [5.74, 6) is 1.34. The molecule has 0 unspecified atom stereocenters. The average molecular weight is 310 g/mol. The fraction of sp³-hybridized carbons (Fsp3) is 0.150. The number of hydrogen-bond donors (Lipinski definition) is 0. The molecule has 0 radical (unpaired) electrons. The van der Waals surface area contributed by atoms with Crippen molar-refractivity contribution in [2.75, 3.05) is 6.61 Å². The Bertz CT molecular complexity index is 621. The molecule has 3 nitrogen and oxygen atoms in total. The molecular formula is C20H22O3. The van der Waals surface area contributed by atoms with Gasteiger partial charge in [-0.2, -0.15) is 0 Å². The number of ether oxygens (including phenoxy) is 2. The minimum Gasteiger partial charge on any atom is -0.490 e. The van der Waals surface area contributed by atoms with Gasteiger partial charge in [0.15, 0.2) is 0 Å². The van der Waals surface area contributed by atoms with Crippen LogP contribution >= 0.6 is 0 Å². The maximum atomic E-state index is 10.2. The molecule has 0 aliphatic rings. The van der Waals surface area contributed by atoms with Gasteiger partial charge in [0.1, 0.15) is 18.1 Å². The number of rotatable bonds is 6. The first-order valence-electron chi connectivity index (χ1n) is 7.23. The third kappa shape index (κ3) is 7.14. The van der Waals surface area contributed by atoms with Crippen molar-refractivity contribution in [2.45, 2.75) is 13.8 Å². The Morgan fingerprint density at radius 2 is 1.39 bits per heavy atom. The smallest absolute Gasteiger partial charge is 0.298 e. The van der Waals surface area contributed by atoms with E-state index in [1.54, 1.807) is 18.2 Å². The molecule has 0 spiro atoms. The van der Waals surface area contributed by atoms with Crippen molar-refractivity contribution in [2.24, 2.45) is 0 Å². The van der Waals surface area contributed by atoms with Crippen LogP contribution < -0.4 is 9.47 Å².